The van der Waals surface area contributed by atoms with Gasteiger partial charge in [0.1, 0.15) is 6.07 Å². The summed E-state index contributed by atoms with van der Waals surface area (Å²) in [6.07, 6.45) is 8.10. The third kappa shape index (κ3) is 2.63. The molecule has 0 bridgehead atoms. The molecule has 0 aromatic heterocycles. The Bertz CT molecular complexity index is 441. The van der Waals surface area contributed by atoms with Crippen molar-refractivity contribution in [3.63, 3.8) is 0 Å². The first-order valence-corrected chi connectivity index (χ1v) is 5.30. The summed E-state index contributed by atoms with van der Waals surface area (Å²) in [6, 6.07) is 1.89. The van der Waals surface area contributed by atoms with Crippen molar-refractivity contribution in [2.75, 3.05) is 14.1 Å². The molecule has 4 nitrogen and oxygen atoms in total. The largest absolute Gasteiger partial charge is 0.371 e. The number of amides is 1. The highest BCUT2D eigenvalue weighted by molar-refractivity contribution is 5.87. The SMILES string of the molecule is CC1=CC=CC(C=CC(=O)N(C)C)C1(O)C#N. The van der Waals surface area contributed by atoms with E-state index in [0.29, 0.717) is 5.57 Å². The van der Waals surface area contributed by atoms with Crippen LogP contribution in [0.25, 0.3) is 0 Å². The average Bonchev–Trinajstić information content (AvgIpc) is 2.30. The lowest BCUT2D eigenvalue weighted by atomic mass is 9.79. The number of nitrogens with zero attached hydrogens (tertiary/aromatic N) is 2. The molecular formula is C13H16N2O2. The second-order valence-corrected chi connectivity index (χ2v) is 4.23. The second-order valence-electron chi connectivity index (χ2n) is 4.23. The van der Waals surface area contributed by atoms with E-state index in [-0.39, 0.29) is 5.91 Å². The van der Waals surface area contributed by atoms with E-state index in [9.17, 15) is 9.90 Å². The lowest BCUT2D eigenvalue weighted by Gasteiger charge is -2.29. The van der Waals surface area contributed by atoms with E-state index < -0.39 is 11.5 Å². The number of carbonyl (C=O) groups excluding carboxylic acids is 1. The van der Waals surface area contributed by atoms with E-state index in [1.54, 1.807) is 45.3 Å². The van der Waals surface area contributed by atoms with Gasteiger partial charge in [0.2, 0.25) is 5.91 Å². The van der Waals surface area contributed by atoms with Gasteiger partial charge in [-0.15, -0.1) is 0 Å². The van der Waals surface area contributed by atoms with Crippen LogP contribution in [-0.2, 0) is 4.79 Å². The van der Waals surface area contributed by atoms with Crippen molar-refractivity contribution >= 4 is 5.91 Å². The molecule has 0 spiro atoms. The lowest BCUT2D eigenvalue weighted by Crippen LogP contribution is -2.37. The van der Waals surface area contributed by atoms with Crippen molar-refractivity contribution < 1.29 is 9.90 Å². The minimum absolute atomic E-state index is 0.175. The average molecular weight is 232 g/mol. The predicted molar refractivity (Wildman–Crippen MR) is 64.8 cm³/mol. The zero-order valence-corrected chi connectivity index (χ0v) is 10.2. The molecule has 0 aromatic carbocycles. The molecule has 0 saturated carbocycles. The predicted octanol–water partition coefficient (Wildman–Crippen LogP) is 1.02. The van der Waals surface area contributed by atoms with Gasteiger partial charge in [0.05, 0.1) is 0 Å². The molecule has 90 valence electrons. The third-order valence-electron chi connectivity index (χ3n) is 2.81. The number of carbonyl (C=O) groups is 1. The summed E-state index contributed by atoms with van der Waals surface area (Å²) >= 11 is 0. The minimum atomic E-state index is -1.56. The normalized spacial score (nSPS) is 27.7. The van der Waals surface area contributed by atoms with Crippen LogP contribution in [0.3, 0.4) is 0 Å². The first-order chi connectivity index (χ1) is 7.91. The molecule has 1 amide bonds. The van der Waals surface area contributed by atoms with Crippen LogP contribution in [0, 0.1) is 17.2 Å². The lowest BCUT2D eigenvalue weighted by molar-refractivity contribution is -0.123. The summed E-state index contributed by atoms with van der Waals surface area (Å²) in [5.74, 6) is -0.674. The molecule has 2 unspecified atom stereocenters. The van der Waals surface area contributed by atoms with E-state index >= 15 is 0 Å². The molecule has 4 heteroatoms. The first kappa shape index (κ1) is 13.2. The van der Waals surface area contributed by atoms with Crippen LogP contribution in [0.4, 0.5) is 0 Å². The molecular weight excluding hydrogens is 216 g/mol. The molecule has 0 saturated heterocycles. The van der Waals surface area contributed by atoms with Crippen molar-refractivity contribution in [2.24, 2.45) is 5.92 Å². The summed E-state index contributed by atoms with van der Waals surface area (Å²) in [6.45, 7) is 1.70. The summed E-state index contributed by atoms with van der Waals surface area (Å²) in [5, 5.41) is 19.3. The number of hydrogen-bond acceptors (Lipinski definition) is 3. The molecule has 17 heavy (non-hydrogen) atoms. The highest BCUT2D eigenvalue weighted by Crippen LogP contribution is 2.31. The number of likely N-dealkylation sites (N-methyl/N-ethyl adjacent to an activating group) is 1. The minimum Gasteiger partial charge on any atom is -0.371 e. The Balaban J connectivity index is 2.93. The van der Waals surface area contributed by atoms with Crippen molar-refractivity contribution in [3.05, 3.63) is 36.0 Å². The van der Waals surface area contributed by atoms with Gasteiger partial charge in [-0.3, -0.25) is 4.79 Å². The molecule has 0 fully saturated rings. The van der Waals surface area contributed by atoms with Crippen LogP contribution in [0.1, 0.15) is 6.92 Å². The Morgan fingerprint density at radius 1 is 1.65 bits per heavy atom. The Hall–Kier alpha value is -1.86. The summed E-state index contributed by atoms with van der Waals surface area (Å²) in [5.41, 5.74) is -0.979. The summed E-state index contributed by atoms with van der Waals surface area (Å²) < 4.78 is 0. The van der Waals surface area contributed by atoms with Gasteiger partial charge in [-0.05, 0) is 18.6 Å². The van der Waals surface area contributed by atoms with Crippen LogP contribution in [0.2, 0.25) is 0 Å². The first-order valence-electron chi connectivity index (χ1n) is 5.30. The van der Waals surface area contributed by atoms with Gasteiger partial charge in [0.25, 0.3) is 0 Å². The molecule has 1 aliphatic rings. The zero-order chi connectivity index (χ0) is 13.1. The van der Waals surface area contributed by atoms with E-state index in [2.05, 4.69) is 0 Å². The number of hydrogen-bond donors (Lipinski definition) is 1. The van der Waals surface area contributed by atoms with Gasteiger partial charge < -0.3 is 10.0 Å². The fourth-order valence-corrected chi connectivity index (χ4v) is 1.55. The number of nitriles is 1. The standard InChI is InChI=1S/C13H16N2O2/c1-10-5-4-6-11(13(10,17)9-14)7-8-12(16)15(2)3/h4-8,11,17H,1-3H3. The molecule has 0 radical (unpaired) electrons. The maximum absolute atomic E-state index is 11.4. The highest BCUT2D eigenvalue weighted by atomic mass is 16.3. The van der Waals surface area contributed by atoms with Gasteiger partial charge in [-0.1, -0.05) is 24.3 Å². The maximum atomic E-state index is 11.4. The summed E-state index contributed by atoms with van der Waals surface area (Å²) in [7, 11) is 3.29. The topological polar surface area (TPSA) is 64.3 Å². The summed E-state index contributed by atoms with van der Waals surface area (Å²) in [4.78, 5) is 12.8. The fraction of sp³-hybridized carbons (Fsp3) is 0.385. The van der Waals surface area contributed by atoms with E-state index in [4.69, 9.17) is 5.26 Å². The van der Waals surface area contributed by atoms with Crippen LogP contribution >= 0.6 is 0 Å². The van der Waals surface area contributed by atoms with Crippen molar-refractivity contribution in [1.29, 1.82) is 5.26 Å². The van der Waals surface area contributed by atoms with E-state index in [1.165, 1.54) is 11.0 Å². The van der Waals surface area contributed by atoms with Crippen LogP contribution in [0.5, 0.6) is 0 Å². The molecule has 0 aliphatic heterocycles. The molecule has 0 heterocycles. The zero-order valence-electron chi connectivity index (χ0n) is 10.2. The van der Waals surface area contributed by atoms with E-state index in [0.717, 1.165) is 0 Å². The van der Waals surface area contributed by atoms with Gasteiger partial charge in [-0.2, -0.15) is 5.26 Å². The highest BCUT2D eigenvalue weighted by Gasteiger charge is 2.37. The van der Waals surface area contributed by atoms with Gasteiger partial charge >= 0.3 is 0 Å². The molecule has 1 N–H and O–H groups in total. The monoisotopic (exact) mass is 232 g/mol. The Morgan fingerprint density at radius 3 is 2.82 bits per heavy atom. The van der Waals surface area contributed by atoms with Crippen LogP contribution in [-0.4, -0.2) is 35.6 Å². The van der Waals surface area contributed by atoms with E-state index in [1.807, 2.05) is 6.07 Å². The van der Waals surface area contributed by atoms with Crippen molar-refractivity contribution in [2.45, 2.75) is 12.5 Å². The molecule has 1 aliphatic carbocycles. The van der Waals surface area contributed by atoms with Gasteiger partial charge in [0, 0.05) is 20.0 Å². The molecule has 1 rings (SSSR count). The smallest absolute Gasteiger partial charge is 0.245 e. The number of allylic oxidation sites excluding steroid dienone is 2. The number of aliphatic hydroxyl groups is 1. The van der Waals surface area contributed by atoms with Crippen LogP contribution in [0.15, 0.2) is 36.0 Å². The van der Waals surface area contributed by atoms with Crippen molar-refractivity contribution in [1.82, 2.24) is 4.90 Å². The Labute approximate surface area is 101 Å². The van der Waals surface area contributed by atoms with Crippen LogP contribution < -0.4 is 0 Å². The Kier molecular flexibility index (Phi) is 3.87. The Morgan fingerprint density at radius 2 is 2.29 bits per heavy atom. The van der Waals surface area contributed by atoms with Crippen molar-refractivity contribution in [3.8, 4) is 6.07 Å². The third-order valence-corrected chi connectivity index (χ3v) is 2.81. The maximum Gasteiger partial charge on any atom is 0.245 e. The molecule has 0 aromatic rings. The second kappa shape index (κ2) is 4.98. The molecule has 2 atom stereocenters. The quantitative estimate of drug-likeness (QED) is 0.571. The van der Waals surface area contributed by atoms with Gasteiger partial charge in [-0.25, -0.2) is 0 Å². The number of rotatable bonds is 2. The van der Waals surface area contributed by atoms with Gasteiger partial charge in [0.15, 0.2) is 5.60 Å². The fourth-order valence-electron chi connectivity index (χ4n) is 1.55.